The summed E-state index contributed by atoms with van der Waals surface area (Å²) < 4.78 is 0. The van der Waals surface area contributed by atoms with E-state index >= 15 is 0 Å². The highest BCUT2D eigenvalue weighted by Gasteiger charge is 2.29. The smallest absolute Gasteiger partial charge is 0.226 e. The summed E-state index contributed by atoms with van der Waals surface area (Å²) in [5, 5.41) is 9.01. The van der Waals surface area contributed by atoms with Crippen molar-refractivity contribution >= 4 is 22.4 Å². The minimum atomic E-state index is 0.0318. The van der Waals surface area contributed by atoms with Gasteiger partial charge in [0.25, 0.3) is 0 Å². The molecule has 0 spiro atoms. The number of benzene rings is 3. The Labute approximate surface area is 152 Å². The molecular formula is C22H21N3O. The van der Waals surface area contributed by atoms with Gasteiger partial charge in [-0.2, -0.15) is 0 Å². The van der Waals surface area contributed by atoms with Crippen LogP contribution < -0.4 is 15.5 Å². The number of piperazine rings is 1. The fourth-order valence-corrected chi connectivity index (χ4v) is 4.06. The Hall–Kier alpha value is -2.85. The quantitative estimate of drug-likeness (QED) is 0.714. The monoisotopic (exact) mass is 343 g/mol. The Bertz CT molecular complexity index is 998. The first-order valence-corrected chi connectivity index (χ1v) is 9.17. The third kappa shape index (κ3) is 2.63. The molecule has 2 aliphatic rings. The standard InChI is InChI=1S/C22H21N3O/c26-22-13-19-8-7-18(12-20(19)25-10-9-23-14-21(25)24-22)17-6-5-15-3-1-2-4-16(15)11-17/h1-8,11-12,21,23H,9-10,13-14H2,(H,24,26). The zero-order chi connectivity index (χ0) is 17.5. The molecule has 5 rings (SSSR count). The summed E-state index contributed by atoms with van der Waals surface area (Å²) in [7, 11) is 0. The van der Waals surface area contributed by atoms with E-state index in [1.54, 1.807) is 0 Å². The van der Waals surface area contributed by atoms with Crippen LogP contribution in [-0.4, -0.2) is 31.7 Å². The molecule has 1 atom stereocenters. The lowest BCUT2D eigenvalue weighted by Crippen LogP contribution is -2.58. The highest BCUT2D eigenvalue weighted by molar-refractivity contribution is 5.89. The average Bonchev–Trinajstić information content (AvgIpc) is 2.82. The van der Waals surface area contributed by atoms with Crippen LogP contribution in [0.15, 0.2) is 60.7 Å². The predicted molar refractivity (Wildman–Crippen MR) is 105 cm³/mol. The van der Waals surface area contributed by atoms with Crippen molar-refractivity contribution in [3.63, 3.8) is 0 Å². The second-order valence-electron chi connectivity index (χ2n) is 7.06. The number of anilines is 1. The maximum absolute atomic E-state index is 12.2. The second-order valence-corrected chi connectivity index (χ2v) is 7.06. The van der Waals surface area contributed by atoms with E-state index in [1.165, 1.54) is 27.6 Å². The number of rotatable bonds is 1. The van der Waals surface area contributed by atoms with E-state index in [1.807, 2.05) is 0 Å². The Balaban J connectivity index is 1.61. The van der Waals surface area contributed by atoms with E-state index in [9.17, 15) is 4.79 Å². The van der Waals surface area contributed by atoms with Crippen LogP contribution in [0.2, 0.25) is 0 Å². The summed E-state index contributed by atoms with van der Waals surface area (Å²) in [6, 6.07) is 21.5. The van der Waals surface area contributed by atoms with Crippen LogP contribution in [0.5, 0.6) is 0 Å². The lowest BCUT2D eigenvalue weighted by Gasteiger charge is -2.37. The van der Waals surface area contributed by atoms with Crippen molar-refractivity contribution in [2.24, 2.45) is 0 Å². The van der Waals surface area contributed by atoms with E-state index in [2.05, 4.69) is 76.2 Å². The van der Waals surface area contributed by atoms with Gasteiger partial charge in [-0.25, -0.2) is 0 Å². The summed E-state index contributed by atoms with van der Waals surface area (Å²) in [5.74, 6) is 0.0981. The van der Waals surface area contributed by atoms with Crippen LogP contribution in [0.3, 0.4) is 0 Å². The number of nitrogens with one attached hydrogen (secondary N) is 2. The van der Waals surface area contributed by atoms with E-state index < -0.39 is 0 Å². The molecule has 0 radical (unpaired) electrons. The number of fused-ring (bicyclic) bond motifs is 4. The third-order valence-electron chi connectivity index (χ3n) is 5.40. The maximum atomic E-state index is 12.2. The lowest BCUT2D eigenvalue weighted by atomic mass is 9.98. The van der Waals surface area contributed by atoms with Crippen LogP contribution in [0, 0.1) is 0 Å². The van der Waals surface area contributed by atoms with E-state index in [-0.39, 0.29) is 12.1 Å². The number of carbonyl (C=O) groups excluding carboxylic acids is 1. The van der Waals surface area contributed by atoms with Crippen LogP contribution in [-0.2, 0) is 11.2 Å². The highest BCUT2D eigenvalue weighted by atomic mass is 16.1. The van der Waals surface area contributed by atoms with Gasteiger partial charge in [-0.3, -0.25) is 4.79 Å². The molecule has 3 aromatic rings. The molecule has 2 heterocycles. The molecule has 3 aromatic carbocycles. The number of amides is 1. The molecule has 0 saturated carbocycles. The Kier molecular flexibility index (Phi) is 3.64. The predicted octanol–water partition coefficient (Wildman–Crippen LogP) is 2.91. The summed E-state index contributed by atoms with van der Waals surface area (Å²) in [5.41, 5.74) is 4.69. The summed E-state index contributed by atoms with van der Waals surface area (Å²) in [4.78, 5) is 14.6. The Morgan fingerprint density at radius 2 is 1.73 bits per heavy atom. The topological polar surface area (TPSA) is 44.4 Å². The zero-order valence-corrected chi connectivity index (χ0v) is 14.5. The van der Waals surface area contributed by atoms with Gasteiger partial charge in [0, 0.05) is 25.3 Å². The molecule has 0 bridgehead atoms. The van der Waals surface area contributed by atoms with Crippen LogP contribution in [0.25, 0.3) is 21.9 Å². The van der Waals surface area contributed by atoms with Crippen molar-refractivity contribution < 1.29 is 4.79 Å². The third-order valence-corrected chi connectivity index (χ3v) is 5.40. The minimum Gasteiger partial charge on any atom is -0.349 e. The lowest BCUT2D eigenvalue weighted by molar-refractivity contribution is -0.121. The first-order chi connectivity index (χ1) is 12.8. The van der Waals surface area contributed by atoms with Gasteiger partial charge in [0.05, 0.1) is 6.42 Å². The molecule has 2 N–H and O–H groups in total. The molecule has 26 heavy (non-hydrogen) atoms. The van der Waals surface area contributed by atoms with Crippen LogP contribution >= 0.6 is 0 Å². The maximum Gasteiger partial charge on any atom is 0.226 e. The SMILES string of the molecule is O=C1Cc2ccc(-c3ccc4ccccc4c3)cc2N2CCNCC2N1. The highest BCUT2D eigenvalue weighted by Crippen LogP contribution is 2.32. The normalized spacial score (nSPS) is 19.5. The molecule has 4 heteroatoms. The summed E-state index contributed by atoms with van der Waals surface area (Å²) >= 11 is 0. The molecule has 1 amide bonds. The van der Waals surface area contributed by atoms with Gasteiger partial charge in [-0.1, -0.05) is 48.5 Å². The summed E-state index contributed by atoms with van der Waals surface area (Å²) in [6.07, 6.45) is 0.477. The summed E-state index contributed by atoms with van der Waals surface area (Å²) in [6.45, 7) is 2.62. The van der Waals surface area contributed by atoms with Crippen LogP contribution in [0.1, 0.15) is 5.56 Å². The molecular weight excluding hydrogens is 322 g/mol. The van der Waals surface area contributed by atoms with E-state index in [4.69, 9.17) is 0 Å². The Morgan fingerprint density at radius 1 is 0.923 bits per heavy atom. The minimum absolute atomic E-state index is 0.0318. The average molecular weight is 343 g/mol. The van der Waals surface area contributed by atoms with Crippen LogP contribution in [0.4, 0.5) is 5.69 Å². The van der Waals surface area contributed by atoms with Crippen molar-refractivity contribution in [3.05, 3.63) is 66.2 Å². The van der Waals surface area contributed by atoms with Crippen molar-refractivity contribution in [2.45, 2.75) is 12.6 Å². The molecule has 1 fully saturated rings. The van der Waals surface area contributed by atoms with Gasteiger partial charge in [0.15, 0.2) is 0 Å². The molecule has 1 unspecified atom stereocenters. The Morgan fingerprint density at radius 3 is 2.65 bits per heavy atom. The zero-order valence-electron chi connectivity index (χ0n) is 14.5. The van der Waals surface area contributed by atoms with Gasteiger partial charge in [0.2, 0.25) is 5.91 Å². The molecule has 4 nitrogen and oxygen atoms in total. The first-order valence-electron chi connectivity index (χ1n) is 9.17. The molecule has 2 aliphatic heterocycles. The van der Waals surface area contributed by atoms with Gasteiger partial charge < -0.3 is 15.5 Å². The fourth-order valence-electron chi connectivity index (χ4n) is 4.06. The molecule has 0 aliphatic carbocycles. The molecule has 0 aromatic heterocycles. The fraction of sp³-hybridized carbons (Fsp3) is 0.227. The van der Waals surface area contributed by atoms with Crippen molar-refractivity contribution in [1.82, 2.24) is 10.6 Å². The molecule has 130 valence electrons. The first kappa shape index (κ1) is 15.4. The largest absolute Gasteiger partial charge is 0.349 e. The number of hydrogen-bond acceptors (Lipinski definition) is 3. The van der Waals surface area contributed by atoms with Gasteiger partial charge in [-0.15, -0.1) is 0 Å². The number of hydrogen-bond donors (Lipinski definition) is 2. The molecule has 1 saturated heterocycles. The second kappa shape index (κ2) is 6.15. The van der Waals surface area contributed by atoms with E-state index in [0.717, 1.165) is 25.2 Å². The van der Waals surface area contributed by atoms with Crippen molar-refractivity contribution in [2.75, 3.05) is 24.5 Å². The van der Waals surface area contributed by atoms with Crippen molar-refractivity contribution in [1.29, 1.82) is 0 Å². The van der Waals surface area contributed by atoms with E-state index in [0.29, 0.717) is 6.42 Å². The van der Waals surface area contributed by atoms with Gasteiger partial charge in [0.1, 0.15) is 6.17 Å². The van der Waals surface area contributed by atoms with Gasteiger partial charge >= 0.3 is 0 Å². The van der Waals surface area contributed by atoms with Gasteiger partial charge in [-0.05, 0) is 39.6 Å². The number of nitrogens with zero attached hydrogens (tertiary/aromatic N) is 1. The van der Waals surface area contributed by atoms with Crippen molar-refractivity contribution in [3.8, 4) is 11.1 Å². The number of carbonyl (C=O) groups is 1.